The maximum atomic E-state index is 12.5. The van der Waals surface area contributed by atoms with E-state index in [9.17, 15) is 4.79 Å². The molecule has 0 bridgehead atoms. The summed E-state index contributed by atoms with van der Waals surface area (Å²) in [5.41, 5.74) is 1.24. The molecule has 0 radical (unpaired) electrons. The zero-order chi connectivity index (χ0) is 18.5. The molecule has 0 unspecified atom stereocenters. The van der Waals surface area contributed by atoms with Crippen molar-refractivity contribution in [1.82, 2.24) is 15.0 Å². The van der Waals surface area contributed by atoms with Crippen LogP contribution >= 0.6 is 11.6 Å². The summed E-state index contributed by atoms with van der Waals surface area (Å²) in [6.07, 6.45) is 0. The molecular formula is C19H18ClN3O3. The SMILES string of the molecule is CCOc1ccc(C(=O)N(C)Cc2nc(-c3ccccc3Cl)no2)cc1. The van der Waals surface area contributed by atoms with Gasteiger partial charge in [0.2, 0.25) is 11.7 Å². The Morgan fingerprint density at radius 1 is 1.19 bits per heavy atom. The van der Waals surface area contributed by atoms with Gasteiger partial charge in [0, 0.05) is 18.2 Å². The largest absolute Gasteiger partial charge is 0.494 e. The Morgan fingerprint density at radius 3 is 2.62 bits per heavy atom. The summed E-state index contributed by atoms with van der Waals surface area (Å²) < 4.78 is 10.6. The lowest BCUT2D eigenvalue weighted by atomic mass is 10.2. The molecule has 1 aromatic heterocycles. The van der Waals surface area contributed by atoms with Crippen LogP contribution in [0.5, 0.6) is 5.75 Å². The van der Waals surface area contributed by atoms with Gasteiger partial charge in [-0.15, -0.1) is 0 Å². The first kappa shape index (κ1) is 17.9. The van der Waals surface area contributed by atoms with Crippen LogP contribution in [-0.2, 0) is 6.54 Å². The second-order valence-electron chi connectivity index (χ2n) is 5.61. The summed E-state index contributed by atoms with van der Waals surface area (Å²) in [5, 5.41) is 4.48. The maximum Gasteiger partial charge on any atom is 0.254 e. The molecular weight excluding hydrogens is 354 g/mol. The van der Waals surface area contributed by atoms with Crippen molar-refractivity contribution in [2.45, 2.75) is 13.5 Å². The summed E-state index contributed by atoms with van der Waals surface area (Å²) in [4.78, 5) is 18.4. The highest BCUT2D eigenvalue weighted by molar-refractivity contribution is 6.33. The van der Waals surface area contributed by atoms with Crippen molar-refractivity contribution < 1.29 is 14.1 Å². The molecule has 3 aromatic rings. The van der Waals surface area contributed by atoms with Crippen molar-refractivity contribution in [1.29, 1.82) is 0 Å². The number of carbonyl (C=O) groups is 1. The van der Waals surface area contributed by atoms with E-state index in [-0.39, 0.29) is 12.5 Å². The first-order valence-corrected chi connectivity index (χ1v) is 8.52. The molecule has 0 spiro atoms. The van der Waals surface area contributed by atoms with Crippen LogP contribution in [0, 0.1) is 0 Å². The van der Waals surface area contributed by atoms with Crippen molar-refractivity contribution in [3.05, 3.63) is 65.0 Å². The van der Waals surface area contributed by atoms with E-state index in [1.165, 1.54) is 4.90 Å². The van der Waals surface area contributed by atoms with Crippen molar-refractivity contribution >= 4 is 17.5 Å². The first-order valence-electron chi connectivity index (χ1n) is 8.14. The lowest BCUT2D eigenvalue weighted by molar-refractivity contribution is 0.0769. The quantitative estimate of drug-likeness (QED) is 0.653. The number of nitrogens with zero attached hydrogens (tertiary/aromatic N) is 3. The zero-order valence-electron chi connectivity index (χ0n) is 14.5. The van der Waals surface area contributed by atoms with Gasteiger partial charge in [0.1, 0.15) is 5.75 Å². The topological polar surface area (TPSA) is 68.5 Å². The molecule has 7 heteroatoms. The van der Waals surface area contributed by atoms with Crippen LogP contribution in [0.3, 0.4) is 0 Å². The molecule has 0 atom stereocenters. The molecule has 3 rings (SSSR count). The van der Waals surface area contributed by atoms with E-state index in [1.807, 2.05) is 25.1 Å². The molecule has 0 aliphatic heterocycles. The summed E-state index contributed by atoms with van der Waals surface area (Å²) >= 11 is 6.14. The Kier molecular flexibility index (Phi) is 5.53. The number of carbonyl (C=O) groups excluding carboxylic acids is 1. The van der Waals surface area contributed by atoms with Gasteiger partial charge in [0.15, 0.2) is 0 Å². The molecule has 0 aliphatic rings. The van der Waals surface area contributed by atoms with Gasteiger partial charge >= 0.3 is 0 Å². The van der Waals surface area contributed by atoms with E-state index in [1.54, 1.807) is 37.4 Å². The number of hydrogen-bond acceptors (Lipinski definition) is 5. The Bertz CT molecular complexity index is 893. The van der Waals surface area contributed by atoms with Crippen LogP contribution in [0.25, 0.3) is 11.4 Å². The lowest BCUT2D eigenvalue weighted by Gasteiger charge is -2.15. The number of hydrogen-bond donors (Lipinski definition) is 0. The summed E-state index contributed by atoms with van der Waals surface area (Å²) in [7, 11) is 1.68. The molecule has 134 valence electrons. The zero-order valence-corrected chi connectivity index (χ0v) is 15.2. The molecule has 1 amide bonds. The van der Waals surface area contributed by atoms with Gasteiger partial charge in [-0.05, 0) is 43.3 Å². The fourth-order valence-electron chi connectivity index (χ4n) is 2.43. The molecule has 1 heterocycles. The number of halogens is 1. The molecule has 2 aromatic carbocycles. The van der Waals surface area contributed by atoms with Crippen molar-refractivity contribution in [3.63, 3.8) is 0 Å². The third kappa shape index (κ3) is 4.03. The van der Waals surface area contributed by atoms with Crippen molar-refractivity contribution in [3.8, 4) is 17.1 Å². The number of benzene rings is 2. The third-order valence-electron chi connectivity index (χ3n) is 3.71. The average Bonchev–Trinajstić information content (AvgIpc) is 3.10. The summed E-state index contributed by atoms with van der Waals surface area (Å²) in [6, 6.07) is 14.2. The second-order valence-corrected chi connectivity index (χ2v) is 6.02. The fraction of sp³-hybridized carbons (Fsp3) is 0.211. The van der Waals surface area contributed by atoms with Gasteiger partial charge < -0.3 is 14.2 Å². The highest BCUT2D eigenvalue weighted by Crippen LogP contribution is 2.25. The lowest BCUT2D eigenvalue weighted by Crippen LogP contribution is -2.26. The monoisotopic (exact) mass is 371 g/mol. The fourth-order valence-corrected chi connectivity index (χ4v) is 2.65. The third-order valence-corrected chi connectivity index (χ3v) is 4.04. The van der Waals surface area contributed by atoms with E-state index < -0.39 is 0 Å². The van der Waals surface area contributed by atoms with Crippen LogP contribution in [0.15, 0.2) is 53.1 Å². The minimum Gasteiger partial charge on any atom is -0.494 e. The number of rotatable bonds is 6. The van der Waals surface area contributed by atoms with Crippen LogP contribution in [0.1, 0.15) is 23.2 Å². The van der Waals surface area contributed by atoms with Gasteiger partial charge in [-0.3, -0.25) is 4.79 Å². The molecule has 26 heavy (non-hydrogen) atoms. The van der Waals surface area contributed by atoms with E-state index in [0.717, 1.165) is 5.75 Å². The smallest absolute Gasteiger partial charge is 0.254 e. The minimum atomic E-state index is -0.148. The van der Waals surface area contributed by atoms with Crippen LogP contribution in [0.4, 0.5) is 0 Å². The van der Waals surface area contributed by atoms with Gasteiger partial charge in [0.25, 0.3) is 5.91 Å². The van der Waals surface area contributed by atoms with Crippen LogP contribution in [0.2, 0.25) is 5.02 Å². The van der Waals surface area contributed by atoms with Gasteiger partial charge in [-0.2, -0.15) is 4.98 Å². The standard InChI is InChI=1S/C19H18ClN3O3/c1-3-25-14-10-8-13(9-11-14)19(24)23(2)12-17-21-18(22-26-17)15-6-4-5-7-16(15)20/h4-11H,3,12H2,1-2H3. The number of aromatic nitrogens is 2. The Balaban J connectivity index is 1.69. The molecule has 0 fully saturated rings. The minimum absolute atomic E-state index is 0.148. The Labute approximate surface area is 156 Å². The van der Waals surface area contributed by atoms with Crippen LogP contribution in [-0.4, -0.2) is 34.6 Å². The highest BCUT2D eigenvalue weighted by Gasteiger charge is 2.17. The van der Waals surface area contributed by atoms with E-state index >= 15 is 0 Å². The predicted octanol–water partition coefficient (Wildman–Crippen LogP) is 4.06. The van der Waals surface area contributed by atoms with E-state index in [2.05, 4.69) is 10.1 Å². The second kappa shape index (κ2) is 8.01. The highest BCUT2D eigenvalue weighted by atomic mass is 35.5. The Hall–Kier alpha value is -2.86. The van der Waals surface area contributed by atoms with Gasteiger partial charge in [0.05, 0.1) is 18.2 Å². The van der Waals surface area contributed by atoms with Crippen LogP contribution < -0.4 is 4.74 Å². The predicted molar refractivity (Wildman–Crippen MR) is 98.2 cm³/mol. The number of ether oxygens (including phenoxy) is 1. The van der Waals surface area contributed by atoms with E-state index in [0.29, 0.717) is 34.5 Å². The molecule has 0 saturated carbocycles. The van der Waals surface area contributed by atoms with Gasteiger partial charge in [-0.1, -0.05) is 28.9 Å². The van der Waals surface area contributed by atoms with E-state index in [4.69, 9.17) is 20.9 Å². The maximum absolute atomic E-state index is 12.5. The normalized spacial score (nSPS) is 10.6. The summed E-state index contributed by atoms with van der Waals surface area (Å²) in [5.74, 6) is 1.31. The van der Waals surface area contributed by atoms with Gasteiger partial charge in [-0.25, -0.2) is 0 Å². The Morgan fingerprint density at radius 2 is 1.92 bits per heavy atom. The van der Waals surface area contributed by atoms with Crippen molar-refractivity contribution in [2.75, 3.05) is 13.7 Å². The molecule has 6 nitrogen and oxygen atoms in total. The molecule has 0 N–H and O–H groups in total. The van der Waals surface area contributed by atoms with Crippen molar-refractivity contribution in [2.24, 2.45) is 0 Å². The first-order chi connectivity index (χ1) is 12.6. The number of amides is 1. The molecule has 0 saturated heterocycles. The molecule has 0 aliphatic carbocycles. The average molecular weight is 372 g/mol. The summed E-state index contributed by atoms with van der Waals surface area (Å²) in [6.45, 7) is 2.69.